The molecule has 0 radical (unpaired) electrons. The highest BCUT2D eigenvalue weighted by Gasteiger charge is 2.37. The van der Waals surface area contributed by atoms with Crippen LogP contribution in [-0.4, -0.2) is 40.2 Å². The van der Waals surface area contributed by atoms with Gasteiger partial charge in [-0.1, -0.05) is 0 Å². The van der Waals surface area contributed by atoms with Gasteiger partial charge in [0.2, 0.25) is 5.82 Å². The normalized spacial score (nSPS) is 13.7. The van der Waals surface area contributed by atoms with Crippen molar-refractivity contribution in [2.75, 3.05) is 14.2 Å². The molecule has 3 aromatic rings. The van der Waals surface area contributed by atoms with Crippen LogP contribution in [0.3, 0.4) is 0 Å². The summed E-state index contributed by atoms with van der Waals surface area (Å²) in [5, 5.41) is 7.05. The van der Waals surface area contributed by atoms with Gasteiger partial charge in [-0.25, -0.2) is 0 Å². The van der Waals surface area contributed by atoms with Gasteiger partial charge >= 0.3 is 12.5 Å². The molecule has 0 saturated carbocycles. The maximum Gasteiger partial charge on any atom is 0.573 e. The van der Waals surface area contributed by atoms with E-state index in [1.54, 1.807) is 6.92 Å². The number of halogens is 5. The van der Waals surface area contributed by atoms with Crippen LogP contribution in [0.4, 0.5) is 22.0 Å². The van der Waals surface area contributed by atoms with Gasteiger partial charge in [-0.3, -0.25) is 9.38 Å². The number of nitrogens with zero attached hydrogens (tertiary/aromatic N) is 4. The topological polar surface area (TPSA) is 70.8 Å². The lowest BCUT2D eigenvalue weighted by Gasteiger charge is -2.18. The van der Waals surface area contributed by atoms with Crippen LogP contribution in [0.15, 0.2) is 30.6 Å². The number of fused-ring (bicyclic) bond motifs is 1. The molecular weight excluding hydrogens is 403 g/mol. The van der Waals surface area contributed by atoms with E-state index in [0.717, 1.165) is 23.6 Å². The van der Waals surface area contributed by atoms with Crippen LogP contribution >= 0.6 is 0 Å². The summed E-state index contributed by atoms with van der Waals surface area (Å²) in [6.45, 7) is 1.61. The Hall–Kier alpha value is -2.86. The van der Waals surface area contributed by atoms with Crippen molar-refractivity contribution in [3.63, 3.8) is 0 Å². The first-order chi connectivity index (χ1) is 13.6. The Morgan fingerprint density at radius 1 is 1.07 bits per heavy atom. The molecule has 0 bridgehead atoms. The van der Waals surface area contributed by atoms with Gasteiger partial charge < -0.3 is 14.2 Å². The van der Waals surface area contributed by atoms with Crippen LogP contribution in [-0.2, 0) is 15.6 Å². The Labute approximate surface area is 161 Å². The molecule has 0 aliphatic carbocycles. The molecule has 0 aliphatic rings. The molecule has 0 N–H and O–H groups in total. The molecule has 0 amide bonds. The van der Waals surface area contributed by atoms with Crippen molar-refractivity contribution < 1.29 is 36.2 Å². The maximum atomic E-state index is 13.9. The van der Waals surface area contributed by atoms with Gasteiger partial charge in [-0.2, -0.15) is 8.78 Å². The second-order valence-electron chi connectivity index (χ2n) is 5.92. The summed E-state index contributed by atoms with van der Waals surface area (Å²) >= 11 is 0. The van der Waals surface area contributed by atoms with Crippen molar-refractivity contribution in [3.05, 3.63) is 42.0 Å². The number of hydrogen-bond donors (Lipinski definition) is 0. The quantitative estimate of drug-likeness (QED) is 0.562. The predicted octanol–water partition coefficient (Wildman–Crippen LogP) is 4.09. The highest BCUT2D eigenvalue weighted by atomic mass is 19.4. The molecule has 0 saturated heterocycles. The first kappa shape index (κ1) is 20.9. The van der Waals surface area contributed by atoms with E-state index in [-0.39, 0.29) is 11.3 Å². The molecule has 2 aromatic heterocycles. The Morgan fingerprint density at radius 2 is 1.79 bits per heavy atom. The lowest BCUT2D eigenvalue weighted by atomic mass is 10.0. The van der Waals surface area contributed by atoms with Crippen LogP contribution < -0.4 is 4.74 Å². The average molecular weight is 418 g/mol. The number of ether oxygens (including phenoxy) is 3. The second kappa shape index (κ2) is 7.52. The standard InChI is InChI=1S/C17H15F5N4O3/c1-9(27-2)12-6-10(29-17(20,21)22)4-5-11(12)13-8-26-14(7-23-13)24-25-15(26)16(18,19)28-3/h4-9H,1-3H3/t9-/m1/s1. The minimum atomic E-state index is -4.87. The van der Waals surface area contributed by atoms with Gasteiger partial charge in [0.1, 0.15) is 5.75 Å². The first-order valence-electron chi connectivity index (χ1n) is 8.13. The third-order valence-electron chi connectivity index (χ3n) is 4.13. The highest BCUT2D eigenvalue weighted by Crippen LogP contribution is 2.34. The van der Waals surface area contributed by atoms with Crippen molar-refractivity contribution in [2.24, 2.45) is 0 Å². The van der Waals surface area contributed by atoms with E-state index < -0.39 is 30.1 Å². The molecule has 29 heavy (non-hydrogen) atoms. The minimum absolute atomic E-state index is 0.0406. The molecule has 0 aliphatic heterocycles. The first-order valence-corrected chi connectivity index (χ1v) is 8.13. The van der Waals surface area contributed by atoms with Gasteiger partial charge in [-0.15, -0.1) is 23.4 Å². The molecule has 0 fully saturated rings. The van der Waals surface area contributed by atoms with Crippen LogP contribution in [0.5, 0.6) is 5.75 Å². The second-order valence-corrected chi connectivity index (χ2v) is 5.92. The van der Waals surface area contributed by atoms with Gasteiger partial charge in [0.05, 0.1) is 18.0 Å². The lowest BCUT2D eigenvalue weighted by Crippen LogP contribution is -2.19. The van der Waals surface area contributed by atoms with E-state index in [9.17, 15) is 22.0 Å². The van der Waals surface area contributed by atoms with Gasteiger partial charge in [0, 0.05) is 26.0 Å². The van der Waals surface area contributed by atoms with Gasteiger partial charge in [0.15, 0.2) is 5.65 Å². The van der Waals surface area contributed by atoms with Crippen molar-refractivity contribution in [1.82, 2.24) is 19.6 Å². The molecule has 1 atom stereocenters. The number of rotatable bonds is 6. The summed E-state index contributed by atoms with van der Waals surface area (Å²) in [4.78, 5) is 4.15. The van der Waals surface area contributed by atoms with Crippen molar-refractivity contribution in [3.8, 4) is 17.0 Å². The van der Waals surface area contributed by atoms with Gasteiger partial charge in [0.25, 0.3) is 0 Å². The lowest BCUT2D eigenvalue weighted by molar-refractivity contribution is -0.274. The van der Waals surface area contributed by atoms with Gasteiger partial charge in [-0.05, 0) is 30.7 Å². The Balaban J connectivity index is 2.14. The largest absolute Gasteiger partial charge is 0.573 e. The molecule has 0 unspecified atom stereocenters. The Bertz CT molecular complexity index is 1020. The summed E-state index contributed by atoms with van der Waals surface area (Å²) in [7, 11) is 2.19. The monoisotopic (exact) mass is 418 g/mol. The predicted molar refractivity (Wildman–Crippen MR) is 89.2 cm³/mol. The molecule has 0 spiro atoms. The van der Waals surface area contributed by atoms with E-state index >= 15 is 0 Å². The summed E-state index contributed by atoms with van der Waals surface area (Å²) in [6, 6.07) is 3.58. The van der Waals surface area contributed by atoms with Crippen molar-refractivity contribution >= 4 is 5.65 Å². The van der Waals surface area contributed by atoms with E-state index in [1.165, 1.54) is 25.6 Å². The van der Waals surface area contributed by atoms with E-state index in [1.807, 2.05) is 0 Å². The fraction of sp³-hybridized carbons (Fsp3) is 0.353. The van der Waals surface area contributed by atoms with E-state index in [0.29, 0.717) is 11.1 Å². The molecule has 12 heteroatoms. The van der Waals surface area contributed by atoms with E-state index in [2.05, 4.69) is 24.7 Å². The third kappa shape index (κ3) is 4.27. The molecule has 156 valence electrons. The van der Waals surface area contributed by atoms with Crippen LogP contribution in [0.1, 0.15) is 24.4 Å². The molecular formula is C17H15F5N4O3. The van der Waals surface area contributed by atoms with Crippen LogP contribution in [0.25, 0.3) is 16.9 Å². The number of hydrogen-bond acceptors (Lipinski definition) is 6. The number of aromatic nitrogens is 4. The third-order valence-corrected chi connectivity index (χ3v) is 4.13. The van der Waals surface area contributed by atoms with Crippen molar-refractivity contribution in [1.29, 1.82) is 0 Å². The SMILES string of the molecule is CO[C@H](C)c1cc(OC(F)(F)F)ccc1-c1cn2c(C(F)(F)OC)nnc2cn1. The summed E-state index contributed by atoms with van der Waals surface area (Å²) < 4.78 is 79.8. The zero-order valence-corrected chi connectivity index (χ0v) is 15.4. The fourth-order valence-corrected chi connectivity index (χ4v) is 2.66. The zero-order chi connectivity index (χ0) is 21.4. The molecule has 3 rings (SSSR count). The average Bonchev–Trinajstić information content (AvgIpc) is 3.10. The summed E-state index contributed by atoms with van der Waals surface area (Å²) in [5.41, 5.74) is 0.895. The van der Waals surface area contributed by atoms with Crippen molar-refractivity contribution in [2.45, 2.75) is 25.5 Å². The fourth-order valence-electron chi connectivity index (χ4n) is 2.66. The molecule has 7 nitrogen and oxygen atoms in total. The molecule has 1 aromatic carbocycles. The smallest absolute Gasteiger partial charge is 0.406 e. The zero-order valence-electron chi connectivity index (χ0n) is 15.4. The number of benzene rings is 1. The highest BCUT2D eigenvalue weighted by molar-refractivity contribution is 5.66. The minimum Gasteiger partial charge on any atom is -0.406 e. The van der Waals surface area contributed by atoms with E-state index in [4.69, 9.17) is 4.74 Å². The Morgan fingerprint density at radius 3 is 2.41 bits per heavy atom. The number of alkyl halides is 5. The number of methoxy groups -OCH3 is 2. The maximum absolute atomic E-state index is 13.9. The van der Waals surface area contributed by atoms with Crippen LogP contribution in [0.2, 0.25) is 0 Å². The Kier molecular flexibility index (Phi) is 5.41. The summed E-state index contributed by atoms with van der Waals surface area (Å²) in [5.74, 6) is -1.21. The molecule has 2 heterocycles. The van der Waals surface area contributed by atoms with Crippen LogP contribution in [0, 0.1) is 0 Å². The summed E-state index contributed by atoms with van der Waals surface area (Å²) in [6.07, 6.45) is -6.76.